The summed E-state index contributed by atoms with van der Waals surface area (Å²) in [6.45, 7) is 0. The van der Waals surface area contributed by atoms with Crippen LogP contribution in [0.1, 0.15) is 24.8 Å². The topological polar surface area (TPSA) is 118 Å². The van der Waals surface area contributed by atoms with Gasteiger partial charge in [-0.05, 0) is 49.1 Å². The Morgan fingerprint density at radius 3 is 2.21 bits per heavy atom. The number of fused-ring (bicyclic) bond motifs is 3. The number of aromatic nitrogens is 6. The highest BCUT2D eigenvalue weighted by atomic mass is 16.4. The van der Waals surface area contributed by atoms with Gasteiger partial charge < -0.3 is 10.4 Å². The smallest absolute Gasteiger partial charge is 0.405 e. The van der Waals surface area contributed by atoms with Gasteiger partial charge in [-0.1, -0.05) is 54.6 Å². The Labute approximate surface area is 223 Å². The second-order valence-electron chi connectivity index (χ2n) is 9.73. The van der Waals surface area contributed by atoms with E-state index < -0.39 is 11.6 Å². The van der Waals surface area contributed by atoms with Crippen LogP contribution in [0.25, 0.3) is 50.7 Å². The fourth-order valence-corrected chi connectivity index (χ4v) is 5.34. The predicted octanol–water partition coefficient (Wildman–Crippen LogP) is 5.72. The number of hydrogen-bond donors (Lipinski definition) is 2. The molecule has 2 N–H and O–H groups in total. The number of carbonyl (C=O) groups is 1. The monoisotopic (exact) mass is 513 g/mol. The van der Waals surface area contributed by atoms with Crippen molar-refractivity contribution in [1.29, 1.82) is 0 Å². The van der Waals surface area contributed by atoms with Crippen molar-refractivity contribution in [3.05, 3.63) is 96.8 Å². The van der Waals surface area contributed by atoms with Gasteiger partial charge in [-0.15, -0.1) is 10.2 Å². The van der Waals surface area contributed by atoms with Gasteiger partial charge in [0.2, 0.25) is 0 Å². The second kappa shape index (κ2) is 8.98. The molecule has 0 bridgehead atoms. The molecular formula is C30H23N7O2. The van der Waals surface area contributed by atoms with Gasteiger partial charge >= 0.3 is 6.09 Å². The minimum atomic E-state index is -1.01. The van der Waals surface area contributed by atoms with E-state index in [1.807, 2.05) is 83.3 Å². The van der Waals surface area contributed by atoms with Crippen LogP contribution in [0.2, 0.25) is 0 Å². The Hall–Kier alpha value is -5.18. The summed E-state index contributed by atoms with van der Waals surface area (Å²) in [6.07, 6.45) is 5.00. The zero-order valence-electron chi connectivity index (χ0n) is 20.8. The molecule has 1 aliphatic carbocycles. The lowest BCUT2D eigenvalue weighted by molar-refractivity contribution is 0.144. The number of nitrogens with zero attached hydrogens (tertiary/aromatic N) is 6. The van der Waals surface area contributed by atoms with Gasteiger partial charge in [-0.25, -0.2) is 14.8 Å². The summed E-state index contributed by atoms with van der Waals surface area (Å²) in [7, 11) is 0. The summed E-state index contributed by atoms with van der Waals surface area (Å²) in [5.74, 6) is 0.660. The average molecular weight is 514 g/mol. The van der Waals surface area contributed by atoms with Gasteiger partial charge in [0.05, 0.1) is 16.9 Å². The molecule has 2 aromatic carbocycles. The SMILES string of the molecule is O=C(O)NC1(c2ccc(-c3nc4c(ccc5nnc(-c6ccncc6)n54)nc3-c3ccccc3)cc2)CCC1. The summed E-state index contributed by atoms with van der Waals surface area (Å²) >= 11 is 0. The molecule has 0 aliphatic heterocycles. The lowest BCUT2D eigenvalue weighted by Gasteiger charge is -2.42. The minimum absolute atomic E-state index is 0.532. The van der Waals surface area contributed by atoms with Gasteiger partial charge in [-0.3, -0.25) is 9.38 Å². The molecule has 1 amide bonds. The molecule has 1 aliphatic rings. The molecule has 0 radical (unpaired) electrons. The third kappa shape index (κ3) is 3.86. The van der Waals surface area contributed by atoms with Crippen molar-refractivity contribution in [3.8, 4) is 33.9 Å². The zero-order chi connectivity index (χ0) is 26.4. The van der Waals surface area contributed by atoms with Crippen molar-refractivity contribution in [2.24, 2.45) is 0 Å². The largest absolute Gasteiger partial charge is 0.465 e. The normalized spacial score (nSPS) is 14.3. The maximum absolute atomic E-state index is 11.5. The van der Waals surface area contributed by atoms with Crippen molar-refractivity contribution in [1.82, 2.24) is 34.9 Å². The van der Waals surface area contributed by atoms with Crippen LogP contribution in [0.15, 0.2) is 91.3 Å². The van der Waals surface area contributed by atoms with E-state index in [-0.39, 0.29) is 0 Å². The van der Waals surface area contributed by atoms with Crippen molar-refractivity contribution in [2.45, 2.75) is 24.8 Å². The van der Waals surface area contributed by atoms with Crippen molar-refractivity contribution < 1.29 is 9.90 Å². The van der Waals surface area contributed by atoms with Crippen molar-refractivity contribution >= 4 is 22.9 Å². The van der Waals surface area contributed by atoms with Crippen LogP contribution in [-0.2, 0) is 5.54 Å². The molecule has 7 rings (SSSR count). The Kier molecular flexibility index (Phi) is 5.29. The number of benzene rings is 2. The van der Waals surface area contributed by atoms with Crippen molar-refractivity contribution in [2.75, 3.05) is 0 Å². The van der Waals surface area contributed by atoms with Gasteiger partial charge in [0, 0.05) is 29.1 Å². The number of rotatable bonds is 5. The molecule has 4 aromatic heterocycles. The molecule has 1 fully saturated rings. The van der Waals surface area contributed by atoms with E-state index >= 15 is 0 Å². The molecule has 4 heterocycles. The van der Waals surface area contributed by atoms with Crippen LogP contribution in [0.4, 0.5) is 4.79 Å². The Balaban J connectivity index is 1.44. The van der Waals surface area contributed by atoms with E-state index in [1.165, 1.54) is 0 Å². The molecule has 39 heavy (non-hydrogen) atoms. The highest BCUT2D eigenvalue weighted by Crippen LogP contribution is 2.42. The summed E-state index contributed by atoms with van der Waals surface area (Å²) in [6, 6.07) is 25.6. The van der Waals surface area contributed by atoms with E-state index in [0.717, 1.165) is 58.4 Å². The first-order chi connectivity index (χ1) is 19.1. The minimum Gasteiger partial charge on any atom is -0.465 e. The number of hydrogen-bond acceptors (Lipinski definition) is 6. The van der Waals surface area contributed by atoms with Crippen LogP contribution in [0, 0.1) is 0 Å². The number of pyridine rings is 2. The average Bonchev–Trinajstić information content (AvgIpc) is 3.40. The molecular weight excluding hydrogens is 490 g/mol. The maximum Gasteiger partial charge on any atom is 0.405 e. The zero-order valence-corrected chi connectivity index (χ0v) is 20.8. The Morgan fingerprint density at radius 2 is 1.51 bits per heavy atom. The first-order valence-electron chi connectivity index (χ1n) is 12.8. The molecule has 9 heteroatoms. The summed E-state index contributed by atoms with van der Waals surface area (Å²) in [4.78, 5) is 25.9. The second-order valence-corrected chi connectivity index (χ2v) is 9.73. The van der Waals surface area contributed by atoms with Gasteiger partial charge in [0.15, 0.2) is 17.1 Å². The van der Waals surface area contributed by atoms with E-state index in [9.17, 15) is 9.90 Å². The molecule has 0 unspecified atom stereocenters. The summed E-state index contributed by atoms with van der Waals surface area (Å²) in [5, 5.41) is 21.0. The first kappa shape index (κ1) is 23.0. The quantitative estimate of drug-likeness (QED) is 0.303. The maximum atomic E-state index is 11.5. The predicted molar refractivity (Wildman–Crippen MR) is 147 cm³/mol. The van der Waals surface area contributed by atoms with Gasteiger partial charge in [0.25, 0.3) is 0 Å². The van der Waals surface area contributed by atoms with Gasteiger partial charge in [0.1, 0.15) is 5.52 Å². The Bertz CT molecular complexity index is 1830. The molecule has 0 spiro atoms. The van der Waals surface area contributed by atoms with E-state index in [2.05, 4.69) is 20.5 Å². The lowest BCUT2D eigenvalue weighted by Crippen LogP contribution is -2.50. The van der Waals surface area contributed by atoms with Crippen LogP contribution in [0.3, 0.4) is 0 Å². The lowest BCUT2D eigenvalue weighted by atomic mass is 9.71. The first-order valence-corrected chi connectivity index (χ1v) is 12.8. The fraction of sp³-hybridized carbons (Fsp3) is 0.133. The van der Waals surface area contributed by atoms with Crippen LogP contribution < -0.4 is 5.32 Å². The van der Waals surface area contributed by atoms with E-state index in [4.69, 9.17) is 9.97 Å². The molecule has 190 valence electrons. The molecule has 1 saturated carbocycles. The fourth-order valence-electron chi connectivity index (χ4n) is 5.34. The van der Waals surface area contributed by atoms with E-state index in [0.29, 0.717) is 17.1 Å². The van der Waals surface area contributed by atoms with Crippen LogP contribution >= 0.6 is 0 Å². The van der Waals surface area contributed by atoms with Crippen LogP contribution in [-0.4, -0.2) is 40.7 Å². The number of nitrogens with one attached hydrogen (secondary N) is 1. The number of carboxylic acid groups (broad SMARTS) is 1. The molecule has 0 saturated heterocycles. The van der Waals surface area contributed by atoms with Gasteiger partial charge in [-0.2, -0.15) is 0 Å². The summed E-state index contributed by atoms with van der Waals surface area (Å²) < 4.78 is 1.92. The van der Waals surface area contributed by atoms with Crippen molar-refractivity contribution in [3.63, 3.8) is 0 Å². The summed E-state index contributed by atoms with van der Waals surface area (Å²) in [5.41, 5.74) is 6.64. The molecule has 6 aromatic rings. The van der Waals surface area contributed by atoms with E-state index in [1.54, 1.807) is 12.4 Å². The highest BCUT2D eigenvalue weighted by molar-refractivity contribution is 5.87. The van der Waals surface area contributed by atoms with Crippen LogP contribution in [0.5, 0.6) is 0 Å². The molecule has 0 atom stereocenters. The highest BCUT2D eigenvalue weighted by Gasteiger charge is 2.40. The third-order valence-corrected chi connectivity index (χ3v) is 7.44. The molecule has 9 nitrogen and oxygen atoms in total. The number of amides is 1. The third-order valence-electron chi connectivity index (χ3n) is 7.44. The standard InChI is InChI=1S/C30H23N7O2/c38-29(39)34-30(15-4-16-30)22-9-7-20(8-10-22)26-25(19-5-2-1-3-6-19)32-23-11-12-24-35-36-27(37(24)28(23)33-26)21-13-17-31-18-14-21/h1-3,5-14,17-18,34H,4,15-16H2,(H,38,39). The Morgan fingerprint density at radius 1 is 0.795 bits per heavy atom.